The van der Waals surface area contributed by atoms with Crippen LogP contribution in [0.1, 0.15) is 84.5 Å². The molecule has 4 aromatic rings. The van der Waals surface area contributed by atoms with Gasteiger partial charge in [0.25, 0.3) is 11.7 Å². The third-order valence-corrected chi connectivity index (χ3v) is 8.35. The molecule has 47 heavy (non-hydrogen) atoms. The number of nitrogens with zero attached hydrogens (tertiary/aromatic N) is 5. The summed E-state index contributed by atoms with van der Waals surface area (Å²) in [6.07, 6.45) is 4.99. The molecular formula is C33H41N9O5. The van der Waals surface area contributed by atoms with Gasteiger partial charge in [-0.05, 0) is 56.6 Å². The highest BCUT2D eigenvalue weighted by Gasteiger charge is 2.32. The Morgan fingerprint density at radius 2 is 1.85 bits per heavy atom. The molecule has 1 aliphatic rings. The van der Waals surface area contributed by atoms with Crippen LogP contribution < -0.4 is 21.3 Å². The van der Waals surface area contributed by atoms with Gasteiger partial charge >= 0.3 is 0 Å². The molecule has 1 aromatic carbocycles. The summed E-state index contributed by atoms with van der Waals surface area (Å²) in [4.78, 5) is 66.4. The van der Waals surface area contributed by atoms with Crippen LogP contribution >= 0.6 is 0 Å². The second-order valence-corrected chi connectivity index (χ2v) is 12.2. The highest BCUT2D eigenvalue weighted by molar-refractivity contribution is 5.93. The van der Waals surface area contributed by atoms with E-state index < -0.39 is 35.8 Å². The Morgan fingerprint density at radius 3 is 2.62 bits per heavy atom. The van der Waals surface area contributed by atoms with E-state index in [4.69, 9.17) is 4.42 Å². The molecule has 4 N–H and O–H groups in total. The van der Waals surface area contributed by atoms with Crippen LogP contribution in [0.4, 0.5) is 0 Å². The molecular weight excluding hydrogens is 602 g/mol. The predicted octanol–water partition coefficient (Wildman–Crippen LogP) is 2.30. The van der Waals surface area contributed by atoms with E-state index in [1.807, 2.05) is 58.0 Å². The van der Waals surface area contributed by atoms with Crippen molar-refractivity contribution in [2.75, 3.05) is 6.54 Å². The first-order valence-corrected chi connectivity index (χ1v) is 15.9. The number of fused-ring (bicyclic) bond motifs is 3. The van der Waals surface area contributed by atoms with Crippen molar-refractivity contribution in [3.8, 4) is 0 Å². The predicted molar refractivity (Wildman–Crippen MR) is 171 cm³/mol. The number of amides is 4. The Morgan fingerprint density at radius 1 is 1.06 bits per heavy atom. The molecule has 248 valence electrons. The summed E-state index contributed by atoms with van der Waals surface area (Å²) >= 11 is 0. The van der Waals surface area contributed by atoms with Crippen LogP contribution in [0.3, 0.4) is 0 Å². The molecule has 14 nitrogen and oxygen atoms in total. The van der Waals surface area contributed by atoms with Gasteiger partial charge in [0.2, 0.25) is 23.6 Å². The van der Waals surface area contributed by atoms with Crippen molar-refractivity contribution in [2.24, 2.45) is 5.92 Å². The number of carbonyl (C=O) groups excluding carboxylic acids is 4. The lowest BCUT2D eigenvalue weighted by Gasteiger charge is -2.27. The smallest absolute Gasteiger partial charge is 0.273 e. The molecule has 0 saturated carbocycles. The maximum Gasteiger partial charge on any atom is 0.273 e. The Bertz CT molecular complexity index is 1730. The van der Waals surface area contributed by atoms with Crippen molar-refractivity contribution < 1.29 is 23.6 Å². The number of nitrogens with one attached hydrogen (secondary N) is 4. The molecule has 3 aromatic heterocycles. The van der Waals surface area contributed by atoms with Gasteiger partial charge in [0.05, 0.1) is 0 Å². The largest absolute Gasteiger partial charge is 0.446 e. The van der Waals surface area contributed by atoms with Crippen LogP contribution in [0.2, 0.25) is 0 Å². The normalized spacial score (nSPS) is 19.7. The van der Waals surface area contributed by atoms with Crippen molar-refractivity contribution in [1.29, 1.82) is 0 Å². The minimum absolute atomic E-state index is 0.113. The lowest BCUT2D eigenvalue weighted by molar-refractivity contribution is -0.133. The van der Waals surface area contributed by atoms with Crippen LogP contribution in [0.5, 0.6) is 0 Å². The topological polar surface area (TPSA) is 186 Å². The quantitative estimate of drug-likeness (QED) is 0.235. The van der Waals surface area contributed by atoms with Crippen molar-refractivity contribution in [2.45, 2.75) is 84.3 Å². The number of benzene rings is 1. The number of aromatic nitrogens is 5. The van der Waals surface area contributed by atoms with E-state index in [2.05, 4.69) is 41.3 Å². The zero-order valence-corrected chi connectivity index (χ0v) is 27.1. The summed E-state index contributed by atoms with van der Waals surface area (Å²) in [6, 6.07) is 7.02. The molecule has 1 aliphatic heterocycles. The molecule has 0 unspecified atom stereocenters. The summed E-state index contributed by atoms with van der Waals surface area (Å²) in [7, 11) is 0. The molecule has 0 spiro atoms. The van der Waals surface area contributed by atoms with Gasteiger partial charge in [-0.25, -0.2) is 14.5 Å². The minimum Gasteiger partial charge on any atom is -0.446 e. The summed E-state index contributed by atoms with van der Waals surface area (Å²) < 4.78 is 7.31. The second kappa shape index (κ2) is 15.0. The van der Waals surface area contributed by atoms with Gasteiger partial charge in [-0.2, -0.15) is 10.1 Å². The second-order valence-electron chi connectivity index (χ2n) is 12.2. The van der Waals surface area contributed by atoms with Gasteiger partial charge in [0, 0.05) is 30.8 Å². The van der Waals surface area contributed by atoms with Crippen LogP contribution in [-0.2, 0) is 27.2 Å². The Hall–Kier alpha value is -5.14. The van der Waals surface area contributed by atoms with E-state index in [0.29, 0.717) is 44.4 Å². The Labute approximate surface area is 272 Å². The van der Waals surface area contributed by atoms with Crippen LogP contribution in [0.15, 0.2) is 47.3 Å². The zero-order chi connectivity index (χ0) is 33.5. The lowest BCUT2D eigenvalue weighted by atomic mass is 10.00. The number of oxazole rings is 1. The number of hydrogen-bond acceptors (Lipinski definition) is 9. The van der Waals surface area contributed by atoms with Gasteiger partial charge < -0.3 is 25.7 Å². The molecule has 14 heteroatoms. The summed E-state index contributed by atoms with van der Waals surface area (Å²) in [5.41, 5.74) is 3.53. The van der Waals surface area contributed by atoms with Crippen molar-refractivity contribution >= 4 is 29.4 Å². The fourth-order valence-electron chi connectivity index (χ4n) is 5.71. The molecule has 0 saturated heterocycles. The average Bonchev–Trinajstić information content (AvgIpc) is 3.73. The van der Waals surface area contributed by atoms with Crippen molar-refractivity contribution in [1.82, 2.24) is 45.8 Å². The van der Waals surface area contributed by atoms with E-state index in [0.717, 1.165) is 22.5 Å². The molecule has 2 bridgehead atoms. The van der Waals surface area contributed by atoms with E-state index in [-0.39, 0.29) is 29.8 Å². The van der Waals surface area contributed by atoms with Crippen molar-refractivity contribution in [3.05, 3.63) is 77.0 Å². The summed E-state index contributed by atoms with van der Waals surface area (Å²) in [6.45, 7) is 7.78. The first-order chi connectivity index (χ1) is 22.6. The standard InChI is InChI=1S/C33H41N9O5/c1-19(2)28-31(46)39-25(16-22-10-6-5-7-11-22)32-40-26(17-47-32)29(44)34-15-9-8-12-24(30(45)41-28)38-27(43)14-13-23-20(3)37-33-35-18-36-42(33)21(23)4/h5-7,10-11,17-19,24-25,28H,8-9,12-16H2,1-4H3,(H,34,44)(H,38,43)(H,39,46)(H,41,45)/t24-,25+,28-/m0/s1. The van der Waals surface area contributed by atoms with E-state index in [1.54, 1.807) is 4.52 Å². The highest BCUT2D eigenvalue weighted by atomic mass is 16.3. The van der Waals surface area contributed by atoms with E-state index in [1.165, 1.54) is 12.6 Å². The maximum atomic E-state index is 13.7. The monoisotopic (exact) mass is 643 g/mol. The Kier molecular flexibility index (Phi) is 10.6. The first kappa shape index (κ1) is 33.2. The molecule has 4 amide bonds. The lowest BCUT2D eigenvalue weighted by Crippen LogP contribution is -2.56. The molecule has 0 fully saturated rings. The number of aryl methyl sites for hydroxylation is 2. The average molecular weight is 644 g/mol. The SMILES string of the molecule is Cc1nc2ncnn2c(C)c1CCC(=O)N[C@H]1CCCCNC(=O)c2coc(n2)[C@@H](Cc2ccccc2)NC(=O)[C@H](C(C)C)NC1=O. The van der Waals surface area contributed by atoms with Crippen LogP contribution in [0, 0.1) is 19.8 Å². The Balaban J connectivity index is 1.33. The fourth-order valence-corrected chi connectivity index (χ4v) is 5.71. The van der Waals surface area contributed by atoms with Gasteiger partial charge in [0.1, 0.15) is 30.7 Å². The van der Waals surface area contributed by atoms with Gasteiger partial charge in [-0.1, -0.05) is 44.2 Å². The fraction of sp³-hybridized carbons (Fsp3) is 0.455. The summed E-state index contributed by atoms with van der Waals surface area (Å²) in [5, 5.41) is 15.8. The van der Waals surface area contributed by atoms with Gasteiger partial charge in [0.15, 0.2) is 5.69 Å². The zero-order valence-electron chi connectivity index (χ0n) is 27.1. The minimum atomic E-state index is -0.906. The van der Waals surface area contributed by atoms with Crippen LogP contribution in [-0.4, -0.2) is 66.8 Å². The molecule has 5 rings (SSSR count). The van der Waals surface area contributed by atoms with E-state index in [9.17, 15) is 19.2 Å². The van der Waals surface area contributed by atoms with Crippen molar-refractivity contribution in [3.63, 3.8) is 0 Å². The molecule has 4 heterocycles. The highest BCUT2D eigenvalue weighted by Crippen LogP contribution is 2.20. The summed E-state index contributed by atoms with van der Waals surface area (Å²) in [5.74, 6) is -1.20. The van der Waals surface area contributed by atoms with Crippen LogP contribution in [0.25, 0.3) is 5.78 Å². The number of hydrogen-bond donors (Lipinski definition) is 4. The number of rotatable bonds is 7. The third-order valence-electron chi connectivity index (χ3n) is 8.35. The molecule has 0 radical (unpaired) electrons. The van der Waals surface area contributed by atoms with Gasteiger partial charge in [-0.3, -0.25) is 19.2 Å². The molecule has 3 atom stereocenters. The van der Waals surface area contributed by atoms with E-state index >= 15 is 0 Å². The van der Waals surface area contributed by atoms with Gasteiger partial charge in [-0.15, -0.1) is 0 Å². The third kappa shape index (κ3) is 8.18. The maximum absolute atomic E-state index is 13.7. The number of carbonyl (C=O) groups is 4. The molecule has 0 aliphatic carbocycles. The first-order valence-electron chi connectivity index (χ1n) is 15.9.